The highest BCUT2D eigenvalue weighted by Crippen LogP contribution is 2.26. The molecule has 2 rings (SSSR count). The number of likely N-dealkylation sites (tertiary alicyclic amines) is 1. The summed E-state index contributed by atoms with van der Waals surface area (Å²) in [7, 11) is 1.68. The average molecular weight is 304 g/mol. The van der Waals surface area contributed by atoms with Gasteiger partial charge in [0.1, 0.15) is 5.75 Å². The maximum absolute atomic E-state index is 12.0. The van der Waals surface area contributed by atoms with Crippen LogP contribution in [-0.2, 0) is 4.79 Å². The van der Waals surface area contributed by atoms with Crippen molar-refractivity contribution in [3.8, 4) is 5.75 Å². The minimum Gasteiger partial charge on any atom is -0.497 e. The Morgan fingerprint density at radius 2 is 1.86 bits per heavy atom. The Bertz CT molecular complexity index is 464. The van der Waals surface area contributed by atoms with Crippen molar-refractivity contribution in [2.24, 2.45) is 5.92 Å². The minimum atomic E-state index is 0.146. The Morgan fingerprint density at radius 1 is 1.23 bits per heavy atom. The number of benzene rings is 1. The summed E-state index contributed by atoms with van der Waals surface area (Å²) in [5, 5.41) is 3.11. The van der Waals surface area contributed by atoms with E-state index >= 15 is 0 Å². The number of hydrogen-bond acceptors (Lipinski definition) is 3. The first-order chi connectivity index (χ1) is 10.6. The summed E-state index contributed by atoms with van der Waals surface area (Å²) in [5.41, 5.74) is 1.24. The first-order valence-electron chi connectivity index (χ1n) is 8.25. The van der Waals surface area contributed by atoms with Crippen LogP contribution >= 0.6 is 0 Å². The van der Waals surface area contributed by atoms with Crippen LogP contribution in [0.15, 0.2) is 24.3 Å². The molecule has 1 aliphatic rings. The molecule has 4 heteroatoms. The van der Waals surface area contributed by atoms with Crippen molar-refractivity contribution in [3.63, 3.8) is 0 Å². The van der Waals surface area contributed by atoms with E-state index in [-0.39, 0.29) is 11.9 Å². The van der Waals surface area contributed by atoms with Crippen LogP contribution < -0.4 is 10.1 Å². The molecule has 1 fully saturated rings. The van der Waals surface area contributed by atoms with E-state index in [0.717, 1.165) is 18.8 Å². The highest BCUT2D eigenvalue weighted by molar-refractivity contribution is 5.76. The first kappa shape index (κ1) is 16.8. The standard InChI is InChI=1S/C18H28N2O2/c1-14(2)12-18(21)19-13-17(20-10-4-5-11-20)15-6-8-16(22-3)9-7-15/h6-9,14,17H,4-5,10-13H2,1-3H3,(H,19,21)/t17-/m1/s1. The Balaban J connectivity index is 2.03. The molecule has 0 aliphatic carbocycles. The molecule has 0 aromatic heterocycles. The van der Waals surface area contributed by atoms with Crippen LogP contribution in [0.5, 0.6) is 5.75 Å². The summed E-state index contributed by atoms with van der Waals surface area (Å²) in [6.45, 7) is 7.04. The summed E-state index contributed by atoms with van der Waals surface area (Å²) < 4.78 is 5.23. The molecular weight excluding hydrogens is 276 g/mol. The predicted octanol–water partition coefficient (Wildman–Crippen LogP) is 2.99. The van der Waals surface area contributed by atoms with Gasteiger partial charge in [-0.25, -0.2) is 0 Å². The Kier molecular flexibility index (Phi) is 6.25. The van der Waals surface area contributed by atoms with Crippen LogP contribution in [0.4, 0.5) is 0 Å². The zero-order valence-corrected chi connectivity index (χ0v) is 14.0. The van der Waals surface area contributed by atoms with Crippen molar-refractivity contribution in [2.75, 3.05) is 26.7 Å². The lowest BCUT2D eigenvalue weighted by atomic mass is 10.0. The lowest BCUT2D eigenvalue weighted by Gasteiger charge is -2.28. The van der Waals surface area contributed by atoms with Gasteiger partial charge in [-0.1, -0.05) is 26.0 Å². The van der Waals surface area contributed by atoms with Gasteiger partial charge < -0.3 is 10.1 Å². The Labute approximate surface area is 133 Å². The summed E-state index contributed by atoms with van der Waals surface area (Å²) in [6, 6.07) is 8.46. The molecule has 1 N–H and O–H groups in total. The van der Waals surface area contributed by atoms with Gasteiger partial charge in [-0.2, -0.15) is 0 Å². The van der Waals surface area contributed by atoms with Gasteiger partial charge in [0, 0.05) is 13.0 Å². The second-order valence-electron chi connectivity index (χ2n) is 6.43. The molecule has 0 saturated carbocycles. The van der Waals surface area contributed by atoms with E-state index in [1.54, 1.807) is 7.11 Å². The molecule has 1 heterocycles. The van der Waals surface area contributed by atoms with Crippen molar-refractivity contribution in [1.29, 1.82) is 0 Å². The highest BCUT2D eigenvalue weighted by atomic mass is 16.5. The molecule has 0 spiro atoms. The molecule has 1 aromatic carbocycles. The van der Waals surface area contributed by atoms with Gasteiger partial charge in [-0.05, 0) is 49.5 Å². The van der Waals surface area contributed by atoms with Crippen LogP contribution in [0.2, 0.25) is 0 Å². The molecule has 0 bridgehead atoms. The van der Waals surface area contributed by atoms with E-state index in [0.29, 0.717) is 18.9 Å². The number of amides is 1. The van der Waals surface area contributed by atoms with E-state index in [1.807, 2.05) is 12.1 Å². The molecule has 1 aromatic rings. The van der Waals surface area contributed by atoms with Crippen LogP contribution in [-0.4, -0.2) is 37.6 Å². The number of carbonyl (C=O) groups is 1. The van der Waals surface area contributed by atoms with Gasteiger partial charge in [0.15, 0.2) is 0 Å². The van der Waals surface area contributed by atoms with Gasteiger partial charge in [-0.15, -0.1) is 0 Å². The number of nitrogens with one attached hydrogen (secondary N) is 1. The molecule has 1 saturated heterocycles. The van der Waals surface area contributed by atoms with E-state index < -0.39 is 0 Å². The fraction of sp³-hybridized carbons (Fsp3) is 0.611. The average Bonchev–Trinajstić information content (AvgIpc) is 3.01. The van der Waals surface area contributed by atoms with Crippen LogP contribution in [0.3, 0.4) is 0 Å². The summed E-state index contributed by atoms with van der Waals surface area (Å²) >= 11 is 0. The number of carbonyl (C=O) groups excluding carboxylic acids is 1. The number of ether oxygens (including phenoxy) is 1. The van der Waals surface area contributed by atoms with Crippen LogP contribution in [0.1, 0.15) is 44.7 Å². The quantitative estimate of drug-likeness (QED) is 0.842. The van der Waals surface area contributed by atoms with E-state index in [9.17, 15) is 4.79 Å². The molecular formula is C18H28N2O2. The fourth-order valence-corrected chi connectivity index (χ4v) is 2.99. The van der Waals surface area contributed by atoms with Crippen LogP contribution in [0.25, 0.3) is 0 Å². The summed E-state index contributed by atoms with van der Waals surface area (Å²) in [5.74, 6) is 1.41. The van der Waals surface area contributed by atoms with Gasteiger partial charge in [0.2, 0.25) is 5.91 Å². The first-order valence-corrected chi connectivity index (χ1v) is 8.25. The molecule has 0 unspecified atom stereocenters. The van der Waals surface area contributed by atoms with Crippen molar-refractivity contribution >= 4 is 5.91 Å². The molecule has 1 amide bonds. The second-order valence-corrected chi connectivity index (χ2v) is 6.43. The number of rotatable bonds is 7. The second kappa shape index (κ2) is 8.18. The molecule has 4 nitrogen and oxygen atoms in total. The third kappa shape index (κ3) is 4.73. The maximum atomic E-state index is 12.0. The zero-order chi connectivity index (χ0) is 15.9. The molecule has 1 aliphatic heterocycles. The fourth-order valence-electron chi connectivity index (χ4n) is 2.99. The van der Waals surface area contributed by atoms with Gasteiger partial charge >= 0.3 is 0 Å². The third-order valence-corrected chi connectivity index (χ3v) is 4.17. The van der Waals surface area contributed by atoms with Crippen molar-refractivity contribution in [3.05, 3.63) is 29.8 Å². The topological polar surface area (TPSA) is 41.6 Å². The van der Waals surface area contributed by atoms with Crippen LogP contribution in [0, 0.1) is 5.92 Å². The Morgan fingerprint density at radius 3 is 2.41 bits per heavy atom. The maximum Gasteiger partial charge on any atom is 0.220 e. The monoisotopic (exact) mass is 304 g/mol. The number of methoxy groups -OCH3 is 1. The smallest absolute Gasteiger partial charge is 0.220 e. The molecule has 122 valence electrons. The zero-order valence-electron chi connectivity index (χ0n) is 14.0. The van der Waals surface area contributed by atoms with Gasteiger partial charge in [0.05, 0.1) is 13.2 Å². The van der Waals surface area contributed by atoms with Crippen molar-refractivity contribution < 1.29 is 9.53 Å². The normalized spacial score (nSPS) is 16.7. The molecule has 0 radical (unpaired) electrons. The van der Waals surface area contributed by atoms with Crippen molar-refractivity contribution in [1.82, 2.24) is 10.2 Å². The van der Waals surface area contributed by atoms with Gasteiger partial charge in [-0.3, -0.25) is 9.69 Å². The third-order valence-electron chi connectivity index (χ3n) is 4.17. The van der Waals surface area contributed by atoms with Crippen molar-refractivity contribution in [2.45, 2.75) is 39.2 Å². The molecule has 1 atom stereocenters. The number of hydrogen-bond donors (Lipinski definition) is 1. The summed E-state index contributed by atoms with van der Waals surface area (Å²) in [4.78, 5) is 14.4. The molecule has 22 heavy (non-hydrogen) atoms. The SMILES string of the molecule is COc1ccc([C@@H](CNC(=O)CC(C)C)N2CCCC2)cc1. The van der Waals surface area contributed by atoms with E-state index in [1.165, 1.54) is 18.4 Å². The lowest BCUT2D eigenvalue weighted by Crippen LogP contribution is -2.37. The lowest BCUT2D eigenvalue weighted by molar-refractivity contribution is -0.122. The summed E-state index contributed by atoms with van der Waals surface area (Å²) in [6.07, 6.45) is 3.08. The largest absolute Gasteiger partial charge is 0.497 e. The van der Waals surface area contributed by atoms with E-state index in [4.69, 9.17) is 4.74 Å². The highest BCUT2D eigenvalue weighted by Gasteiger charge is 2.24. The minimum absolute atomic E-state index is 0.146. The predicted molar refractivity (Wildman–Crippen MR) is 89.0 cm³/mol. The van der Waals surface area contributed by atoms with Gasteiger partial charge in [0.25, 0.3) is 0 Å². The van der Waals surface area contributed by atoms with E-state index in [2.05, 4.69) is 36.2 Å². The Hall–Kier alpha value is -1.55. The number of nitrogens with zero attached hydrogens (tertiary/aromatic N) is 1.